The van der Waals surface area contributed by atoms with Crippen LogP contribution in [-0.2, 0) is 0 Å². The first-order valence-electron chi connectivity index (χ1n) is 10.4. The molecule has 0 N–H and O–H groups in total. The van der Waals surface area contributed by atoms with Crippen LogP contribution < -0.4 is 4.74 Å². The Hall–Kier alpha value is -3.91. The Kier molecular flexibility index (Phi) is 5.91. The van der Waals surface area contributed by atoms with Gasteiger partial charge in [0.1, 0.15) is 12.1 Å². The summed E-state index contributed by atoms with van der Waals surface area (Å²) in [5, 5.41) is 0.626. The molecule has 0 saturated carbocycles. The van der Waals surface area contributed by atoms with Crippen LogP contribution in [0.3, 0.4) is 0 Å². The van der Waals surface area contributed by atoms with Gasteiger partial charge in [-0.05, 0) is 43.2 Å². The Labute approximate surface area is 195 Å². The minimum atomic E-state index is -0.192. The van der Waals surface area contributed by atoms with Crippen molar-refractivity contribution in [2.75, 3.05) is 6.54 Å². The van der Waals surface area contributed by atoms with Gasteiger partial charge in [0.2, 0.25) is 5.88 Å². The van der Waals surface area contributed by atoms with Gasteiger partial charge in [-0.2, -0.15) is 0 Å². The fourth-order valence-electron chi connectivity index (χ4n) is 3.84. The quantitative estimate of drug-likeness (QED) is 0.426. The number of amides is 1. The van der Waals surface area contributed by atoms with Gasteiger partial charge in [0.05, 0.1) is 29.7 Å². The topological polar surface area (TPSA) is 94.0 Å². The second kappa shape index (κ2) is 9.30. The van der Waals surface area contributed by atoms with Gasteiger partial charge in [0.25, 0.3) is 5.91 Å². The largest absolute Gasteiger partial charge is 0.437 e. The van der Waals surface area contributed by atoms with Crippen molar-refractivity contribution in [1.29, 1.82) is 0 Å². The summed E-state index contributed by atoms with van der Waals surface area (Å²) >= 11 is 5.94. The third-order valence-electron chi connectivity index (χ3n) is 5.40. The van der Waals surface area contributed by atoms with E-state index in [1.807, 2.05) is 11.0 Å². The number of halogens is 1. The van der Waals surface area contributed by atoms with Crippen LogP contribution in [-0.4, -0.2) is 42.3 Å². The van der Waals surface area contributed by atoms with Crippen LogP contribution in [0, 0.1) is 0 Å². The molecular weight excluding hydrogens is 440 g/mol. The number of carbonyl (C=O) groups is 1. The Morgan fingerprint density at radius 1 is 0.939 bits per heavy atom. The molecule has 1 fully saturated rings. The number of likely N-dealkylation sites (tertiary alicyclic amines) is 1. The van der Waals surface area contributed by atoms with Crippen molar-refractivity contribution >= 4 is 17.5 Å². The van der Waals surface area contributed by atoms with Crippen molar-refractivity contribution in [2.45, 2.75) is 18.9 Å². The molecule has 4 aromatic rings. The molecule has 0 radical (unpaired) electrons. The number of rotatable bonds is 5. The highest BCUT2D eigenvalue weighted by atomic mass is 35.5. The average Bonchev–Trinajstić information content (AvgIpc) is 3.36. The lowest BCUT2D eigenvalue weighted by Crippen LogP contribution is -2.31. The molecule has 1 aliphatic heterocycles. The predicted molar refractivity (Wildman–Crippen MR) is 122 cm³/mol. The summed E-state index contributed by atoms with van der Waals surface area (Å²) in [4.78, 5) is 36.4. The van der Waals surface area contributed by atoms with Gasteiger partial charge < -0.3 is 9.64 Å². The molecule has 1 atom stereocenters. The fraction of sp³-hybridized carbons (Fsp3) is 0.167. The zero-order valence-electron chi connectivity index (χ0n) is 17.5. The van der Waals surface area contributed by atoms with Gasteiger partial charge in [-0.1, -0.05) is 11.6 Å². The molecule has 164 valence electrons. The maximum atomic E-state index is 13.4. The lowest BCUT2D eigenvalue weighted by Gasteiger charge is -2.24. The summed E-state index contributed by atoms with van der Waals surface area (Å²) in [6.45, 7) is 0.631. The molecule has 1 saturated heterocycles. The Bertz CT molecular complexity index is 1270. The van der Waals surface area contributed by atoms with Crippen LogP contribution in [0.5, 0.6) is 11.6 Å². The van der Waals surface area contributed by atoms with Crippen LogP contribution in [0.2, 0.25) is 5.02 Å². The Morgan fingerprint density at radius 2 is 1.70 bits per heavy atom. The number of hydrogen-bond donors (Lipinski definition) is 0. The first kappa shape index (κ1) is 21.0. The van der Waals surface area contributed by atoms with Crippen molar-refractivity contribution in [3.8, 4) is 22.8 Å². The van der Waals surface area contributed by atoms with Crippen molar-refractivity contribution in [3.05, 3.63) is 90.1 Å². The molecule has 5 rings (SSSR count). The average molecular weight is 459 g/mol. The smallest absolute Gasteiger partial charge is 0.256 e. The van der Waals surface area contributed by atoms with E-state index in [0.29, 0.717) is 34.5 Å². The van der Waals surface area contributed by atoms with E-state index in [-0.39, 0.29) is 11.9 Å². The van der Waals surface area contributed by atoms with Crippen LogP contribution in [0.4, 0.5) is 0 Å². The van der Waals surface area contributed by atoms with E-state index >= 15 is 0 Å². The van der Waals surface area contributed by atoms with Gasteiger partial charge in [0, 0.05) is 47.5 Å². The summed E-state index contributed by atoms with van der Waals surface area (Å²) < 4.78 is 5.82. The minimum absolute atomic E-state index is 0.102. The third kappa shape index (κ3) is 4.65. The number of aromatic nitrogens is 5. The Balaban J connectivity index is 1.37. The summed E-state index contributed by atoms with van der Waals surface area (Å²) in [6.07, 6.45) is 13.0. The zero-order valence-corrected chi connectivity index (χ0v) is 18.3. The summed E-state index contributed by atoms with van der Waals surface area (Å²) in [7, 11) is 0. The number of benzene rings is 1. The molecule has 3 aromatic heterocycles. The normalized spacial score (nSPS) is 15.4. The number of ether oxygens (including phenoxy) is 1. The van der Waals surface area contributed by atoms with Gasteiger partial charge >= 0.3 is 0 Å². The first-order chi connectivity index (χ1) is 16.2. The van der Waals surface area contributed by atoms with Gasteiger partial charge in [-0.25, -0.2) is 15.0 Å². The third-order valence-corrected chi connectivity index (χ3v) is 5.65. The molecule has 1 aromatic carbocycles. The molecule has 1 unspecified atom stereocenters. The summed E-state index contributed by atoms with van der Waals surface area (Å²) in [6, 6.07) is 8.64. The molecule has 0 bridgehead atoms. The number of pyridine rings is 1. The molecule has 9 heteroatoms. The van der Waals surface area contributed by atoms with E-state index in [1.165, 1.54) is 6.33 Å². The first-order valence-corrected chi connectivity index (χ1v) is 10.8. The highest BCUT2D eigenvalue weighted by Gasteiger charge is 2.32. The lowest BCUT2D eigenvalue weighted by molar-refractivity contribution is 0.0732. The lowest BCUT2D eigenvalue weighted by atomic mass is 10.1. The van der Waals surface area contributed by atoms with Crippen molar-refractivity contribution < 1.29 is 9.53 Å². The van der Waals surface area contributed by atoms with Crippen molar-refractivity contribution in [1.82, 2.24) is 29.8 Å². The van der Waals surface area contributed by atoms with Gasteiger partial charge in [0.15, 0.2) is 0 Å². The van der Waals surface area contributed by atoms with Crippen LogP contribution >= 0.6 is 11.6 Å². The second-order valence-electron chi connectivity index (χ2n) is 7.58. The van der Waals surface area contributed by atoms with E-state index in [0.717, 1.165) is 24.0 Å². The van der Waals surface area contributed by atoms with E-state index in [9.17, 15) is 4.79 Å². The minimum Gasteiger partial charge on any atom is -0.437 e. The number of carbonyl (C=O) groups excluding carboxylic acids is 1. The monoisotopic (exact) mass is 458 g/mol. The van der Waals surface area contributed by atoms with E-state index in [1.54, 1.807) is 61.4 Å². The van der Waals surface area contributed by atoms with Gasteiger partial charge in [-0.15, -0.1) is 0 Å². The SMILES string of the molecule is O=C(c1cncc(-c2cncnc2)c1)N1CCCC1c1cncc(Oc2ccc(Cl)cc2)n1. The zero-order chi connectivity index (χ0) is 22.6. The van der Waals surface area contributed by atoms with E-state index < -0.39 is 0 Å². The fourth-order valence-corrected chi connectivity index (χ4v) is 3.97. The van der Waals surface area contributed by atoms with Crippen LogP contribution in [0.15, 0.2) is 73.8 Å². The molecule has 4 heterocycles. The Morgan fingerprint density at radius 3 is 2.52 bits per heavy atom. The highest BCUT2D eigenvalue weighted by Crippen LogP contribution is 2.33. The molecular formula is C24H19ClN6O2. The van der Waals surface area contributed by atoms with Crippen LogP contribution in [0.25, 0.3) is 11.1 Å². The van der Waals surface area contributed by atoms with Gasteiger partial charge in [-0.3, -0.25) is 14.8 Å². The highest BCUT2D eigenvalue weighted by molar-refractivity contribution is 6.30. The standard InChI is InChI=1S/C24H19ClN6O2/c25-19-3-5-20(6-4-19)33-23-14-27-13-21(30-23)22-2-1-7-31(22)24(32)17-8-16(9-26-10-17)18-11-28-15-29-12-18/h3-6,8-15,22H,1-2,7H2. The molecule has 33 heavy (non-hydrogen) atoms. The molecule has 1 aliphatic rings. The van der Waals surface area contributed by atoms with E-state index in [4.69, 9.17) is 16.3 Å². The second-order valence-corrected chi connectivity index (χ2v) is 8.02. The maximum Gasteiger partial charge on any atom is 0.256 e. The molecule has 0 aliphatic carbocycles. The molecule has 1 amide bonds. The van der Waals surface area contributed by atoms with Crippen molar-refractivity contribution in [2.24, 2.45) is 0 Å². The van der Waals surface area contributed by atoms with Crippen molar-refractivity contribution in [3.63, 3.8) is 0 Å². The molecule has 8 nitrogen and oxygen atoms in total. The molecule has 0 spiro atoms. The summed E-state index contributed by atoms with van der Waals surface area (Å²) in [5.74, 6) is 0.870. The van der Waals surface area contributed by atoms with Crippen LogP contribution in [0.1, 0.15) is 34.9 Å². The maximum absolute atomic E-state index is 13.4. The van der Waals surface area contributed by atoms with E-state index in [2.05, 4.69) is 24.9 Å². The number of nitrogens with zero attached hydrogens (tertiary/aromatic N) is 6. The number of hydrogen-bond acceptors (Lipinski definition) is 7. The summed E-state index contributed by atoms with van der Waals surface area (Å²) in [5.41, 5.74) is 2.78. The predicted octanol–water partition coefficient (Wildman–Crippen LogP) is 4.75.